The maximum absolute atomic E-state index is 12.3. The molecule has 1 amide bonds. The lowest BCUT2D eigenvalue weighted by atomic mass is 9.95. The highest BCUT2D eigenvalue weighted by atomic mass is 35.5. The Morgan fingerprint density at radius 3 is 3.09 bits per heavy atom. The normalized spacial score (nSPS) is 21.5. The molecule has 5 nitrogen and oxygen atoms in total. The Bertz CT molecular complexity index is 670. The molecule has 2 atom stereocenters. The second-order valence-corrected chi connectivity index (χ2v) is 6.11. The van der Waals surface area contributed by atoms with E-state index in [0.717, 1.165) is 25.2 Å². The standard InChI is InChI=1S/C16H19ClN4O/c1-11-10-18-7-5-14(11)19-16(22)15-6-8-21(20-15)13-4-2-3-12(17)9-13/h2-4,6,8-9,11,14,18H,5,7,10H2,1H3,(H,19,22). The molecule has 2 unspecified atom stereocenters. The van der Waals surface area contributed by atoms with Gasteiger partial charge in [-0.05, 0) is 49.7 Å². The zero-order valence-corrected chi connectivity index (χ0v) is 13.2. The van der Waals surface area contributed by atoms with Gasteiger partial charge in [0.25, 0.3) is 5.91 Å². The molecule has 2 aromatic rings. The molecule has 0 bridgehead atoms. The van der Waals surface area contributed by atoms with Gasteiger partial charge in [0.2, 0.25) is 0 Å². The fourth-order valence-electron chi connectivity index (χ4n) is 2.68. The van der Waals surface area contributed by atoms with Gasteiger partial charge in [-0.3, -0.25) is 4.79 Å². The summed E-state index contributed by atoms with van der Waals surface area (Å²) in [5, 5.41) is 11.4. The van der Waals surface area contributed by atoms with Crippen LogP contribution >= 0.6 is 11.6 Å². The smallest absolute Gasteiger partial charge is 0.272 e. The van der Waals surface area contributed by atoms with Gasteiger partial charge >= 0.3 is 0 Å². The van der Waals surface area contributed by atoms with Crippen molar-refractivity contribution in [1.29, 1.82) is 0 Å². The van der Waals surface area contributed by atoms with Gasteiger partial charge < -0.3 is 10.6 Å². The van der Waals surface area contributed by atoms with Gasteiger partial charge in [-0.15, -0.1) is 0 Å². The molecule has 0 saturated carbocycles. The Hall–Kier alpha value is -1.85. The van der Waals surface area contributed by atoms with Gasteiger partial charge in [-0.2, -0.15) is 5.10 Å². The molecule has 1 fully saturated rings. The van der Waals surface area contributed by atoms with Crippen LogP contribution in [0.1, 0.15) is 23.8 Å². The van der Waals surface area contributed by atoms with Crippen molar-refractivity contribution in [1.82, 2.24) is 20.4 Å². The Kier molecular flexibility index (Phi) is 4.45. The predicted molar refractivity (Wildman–Crippen MR) is 86.5 cm³/mol. The van der Waals surface area contributed by atoms with Crippen LogP contribution in [-0.2, 0) is 0 Å². The zero-order valence-electron chi connectivity index (χ0n) is 12.4. The van der Waals surface area contributed by atoms with Gasteiger partial charge in [0.1, 0.15) is 0 Å². The van der Waals surface area contributed by atoms with E-state index in [9.17, 15) is 4.79 Å². The van der Waals surface area contributed by atoms with E-state index in [1.807, 2.05) is 18.2 Å². The van der Waals surface area contributed by atoms with Crippen LogP contribution in [0.2, 0.25) is 5.02 Å². The monoisotopic (exact) mass is 318 g/mol. The first-order valence-corrected chi connectivity index (χ1v) is 7.84. The minimum atomic E-state index is -0.125. The number of nitrogens with one attached hydrogen (secondary N) is 2. The van der Waals surface area contributed by atoms with Crippen molar-refractivity contribution < 1.29 is 4.79 Å². The first-order valence-electron chi connectivity index (χ1n) is 7.46. The number of benzene rings is 1. The summed E-state index contributed by atoms with van der Waals surface area (Å²) in [6.45, 7) is 4.01. The molecular formula is C16H19ClN4O. The molecule has 0 radical (unpaired) electrons. The molecular weight excluding hydrogens is 300 g/mol. The van der Waals surface area contributed by atoms with E-state index in [2.05, 4.69) is 22.7 Å². The summed E-state index contributed by atoms with van der Waals surface area (Å²) < 4.78 is 1.66. The van der Waals surface area contributed by atoms with Crippen molar-refractivity contribution >= 4 is 17.5 Å². The number of piperidine rings is 1. The molecule has 116 valence electrons. The number of nitrogens with zero attached hydrogens (tertiary/aromatic N) is 2. The fraction of sp³-hybridized carbons (Fsp3) is 0.375. The average molecular weight is 319 g/mol. The number of halogens is 1. The van der Waals surface area contributed by atoms with Crippen LogP contribution in [0.5, 0.6) is 0 Å². The maximum atomic E-state index is 12.3. The Morgan fingerprint density at radius 2 is 2.32 bits per heavy atom. The summed E-state index contributed by atoms with van der Waals surface area (Å²) in [5.74, 6) is 0.298. The van der Waals surface area contributed by atoms with Crippen LogP contribution in [0, 0.1) is 5.92 Å². The minimum absolute atomic E-state index is 0.125. The molecule has 22 heavy (non-hydrogen) atoms. The van der Waals surface area contributed by atoms with Gasteiger partial charge in [0.05, 0.1) is 5.69 Å². The van der Waals surface area contributed by atoms with Crippen molar-refractivity contribution in [3.63, 3.8) is 0 Å². The summed E-state index contributed by atoms with van der Waals surface area (Å²) >= 11 is 5.98. The number of amides is 1. The van der Waals surface area contributed by atoms with Gasteiger partial charge in [-0.1, -0.05) is 24.6 Å². The molecule has 2 heterocycles. The number of aromatic nitrogens is 2. The highest BCUT2D eigenvalue weighted by Crippen LogP contribution is 2.15. The summed E-state index contributed by atoms with van der Waals surface area (Å²) in [6.07, 6.45) is 2.72. The number of carbonyl (C=O) groups excluding carboxylic acids is 1. The maximum Gasteiger partial charge on any atom is 0.272 e. The fourth-order valence-corrected chi connectivity index (χ4v) is 2.86. The summed E-state index contributed by atoms with van der Waals surface area (Å²) in [7, 11) is 0. The third kappa shape index (κ3) is 3.31. The molecule has 0 spiro atoms. The van der Waals surface area contributed by atoms with Gasteiger partial charge in [0, 0.05) is 17.3 Å². The number of hydrogen-bond acceptors (Lipinski definition) is 3. The number of hydrogen-bond donors (Lipinski definition) is 2. The van der Waals surface area contributed by atoms with Crippen LogP contribution in [0.4, 0.5) is 0 Å². The molecule has 2 N–H and O–H groups in total. The lowest BCUT2D eigenvalue weighted by Crippen LogP contribution is -2.48. The van der Waals surface area contributed by atoms with Crippen molar-refractivity contribution in [2.45, 2.75) is 19.4 Å². The van der Waals surface area contributed by atoms with Crippen molar-refractivity contribution in [3.8, 4) is 5.69 Å². The highest BCUT2D eigenvalue weighted by Gasteiger charge is 2.23. The molecule has 1 aromatic heterocycles. The van der Waals surface area contributed by atoms with E-state index >= 15 is 0 Å². The number of carbonyl (C=O) groups is 1. The first-order chi connectivity index (χ1) is 10.6. The Morgan fingerprint density at radius 1 is 1.45 bits per heavy atom. The van der Waals surface area contributed by atoms with E-state index in [4.69, 9.17) is 11.6 Å². The molecule has 0 aliphatic carbocycles. The van der Waals surface area contributed by atoms with Gasteiger partial charge in [-0.25, -0.2) is 4.68 Å². The third-order valence-corrected chi connectivity index (χ3v) is 4.23. The lowest BCUT2D eigenvalue weighted by molar-refractivity contribution is 0.0908. The molecule has 3 rings (SSSR count). The van der Waals surface area contributed by atoms with Gasteiger partial charge in [0.15, 0.2) is 5.69 Å². The quantitative estimate of drug-likeness (QED) is 0.912. The zero-order chi connectivity index (χ0) is 15.5. The molecule has 1 aromatic carbocycles. The molecule has 1 aliphatic rings. The van der Waals surface area contributed by atoms with Crippen molar-refractivity contribution in [3.05, 3.63) is 47.2 Å². The molecule has 6 heteroatoms. The average Bonchev–Trinajstić information content (AvgIpc) is 2.99. The minimum Gasteiger partial charge on any atom is -0.348 e. The Labute approximate surface area is 134 Å². The van der Waals surface area contributed by atoms with Crippen LogP contribution in [0.15, 0.2) is 36.5 Å². The molecule has 1 aliphatic heterocycles. The van der Waals surface area contributed by atoms with E-state index in [-0.39, 0.29) is 11.9 Å². The largest absolute Gasteiger partial charge is 0.348 e. The summed E-state index contributed by atoms with van der Waals surface area (Å²) in [6, 6.07) is 9.30. The summed E-state index contributed by atoms with van der Waals surface area (Å²) in [5.41, 5.74) is 1.26. The molecule has 1 saturated heterocycles. The van der Waals surface area contributed by atoms with E-state index in [1.165, 1.54) is 0 Å². The van der Waals surface area contributed by atoms with E-state index < -0.39 is 0 Å². The van der Waals surface area contributed by atoms with Crippen LogP contribution in [0.3, 0.4) is 0 Å². The second-order valence-electron chi connectivity index (χ2n) is 5.68. The first kappa shape index (κ1) is 15.1. The topological polar surface area (TPSA) is 58.9 Å². The van der Waals surface area contributed by atoms with Crippen LogP contribution in [0.25, 0.3) is 5.69 Å². The van der Waals surface area contributed by atoms with E-state index in [0.29, 0.717) is 16.6 Å². The van der Waals surface area contributed by atoms with Crippen molar-refractivity contribution in [2.24, 2.45) is 5.92 Å². The highest BCUT2D eigenvalue weighted by molar-refractivity contribution is 6.30. The predicted octanol–water partition coefficient (Wildman–Crippen LogP) is 2.25. The van der Waals surface area contributed by atoms with Crippen LogP contribution < -0.4 is 10.6 Å². The van der Waals surface area contributed by atoms with E-state index in [1.54, 1.807) is 23.0 Å². The van der Waals surface area contributed by atoms with Crippen molar-refractivity contribution in [2.75, 3.05) is 13.1 Å². The number of rotatable bonds is 3. The SMILES string of the molecule is CC1CNCCC1NC(=O)c1ccn(-c2cccc(Cl)c2)n1. The lowest BCUT2D eigenvalue weighted by Gasteiger charge is -2.29. The summed E-state index contributed by atoms with van der Waals surface area (Å²) in [4.78, 5) is 12.3. The second kappa shape index (κ2) is 6.50. The third-order valence-electron chi connectivity index (χ3n) is 4.00. The van der Waals surface area contributed by atoms with Crippen LogP contribution in [-0.4, -0.2) is 34.8 Å². The Balaban J connectivity index is 1.71.